The van der Waals surface area contributed by atoms with Crippen molar-refractivity contribution >= 4 is 5.91 Å². The summed E-state index contributed by atoms with van der Waals surface area (Å²) in [4.78, 5) is 14.2. The molecule has 2 aliphatic carbocycles. The highest BCUT2D eigenvalue weighted by atomic mass is 16.3. The molecular weight excluding hydrogens is 262 g/mol. The molecule has 21 heavy (non-hydrogen) atoms. The Hall–Kier alpha value is -1.51. The predicted molar refractivity (Wildman–Crippen MR) is 81.2 cm³/mol. The Morgan fingerprint density at radius 1 is 1.10 bits per heavy atom. The first kappa shape index (κ1) is 13.2. The average molecular weight is 285 g/mol. The topological polar surface area (TPSA) is 40.5 Å². The summed E-state index contributed by atoms with van der Waals surface area (Å²) in [5, 5.41) is 9.74. The van der Waals surface area contributed by atoms with E-state index in [9.17, 15) is 9.90 Å². The first-order valence-electron chi connectivity index (χ1n) is 8.33. The Balaban J connectivity index is 1.43. The van der Waals surface area contributed by atoms with Gasteiger partial charge in [-0.25, -0.2) is 0 Å². The molecule has 1 N–H and O–H groups in total. The van der Waals surface area contributed by atoms with Gasteiger partial charge in [-0.1, -0.05) is 6.07 Å². The zero-order valence-electron chi connectivity index (χ0n) is 12.4. The fraction of sp³-hybridized carbons (Fsp3) is 0.611. The molecule has 1 atom stereocenters. The number of hydrogen-bond donors (Lipinski definition) is 1. The zero-order valence-corrected chi connectivity index (χ0v) is 12.4. The molecule has 1 heterocycles. The van der Waals surface area contributed by atoms with Gasteiger partial charge in [-0.05, 0) is 73.6 Å². The maximum Gasteiger partial charge on any atom is 0.225 e. The van der Waals surface area contributed by atoms with Crippen molar-refractivity contribution in [1.82, 2.24) is 4.90 Å². The van der Waals surface area contributed by atoms with E-state index >= 15 is 0 Å². The molecular formula is C18H23NO2. The van der Waals surface area contributed by atoms with Crippen LogP contribution in [0.4, 0.5) is 0 Å². The molecule has 1 aliphatic heterocycles. The molecule has 3 aliphatic rings. The van der Waals surface area contributed by atoms with Crippen LogP contribution >= 0.6 is 0 Å². The number of piperidine rings is 1. The maximum absolute atomic E-state index is 12.1. The van der Waals surface area contributed by atoms with Gasteiger partial charge in [-0.2, -0.15) is 0 Å². The van der Waals surface area contributed by atoms with Gasteiger partial charge in [0.25, 0.3) is 0 Å². The number of carbonyl (C=O) groups is 1. The molecule has 1 saturated heterocycles. The molecule has 1 aromatic rings. The van der Waals surface area contributed by atoms with E-state index in [1.807, 2.05) is 6.07 Å². The summed E-state index contributed by atoms with van der Waals surface area (Å²) in [6, 6.07) is 5.85. The molecule has 0 bridgehead atoms. The number of likely N-dealkylation sites (tertiary alicyclic amines) is 1. The number of benzene rings is 1. The van der Waals surface area contributed by atoms with Crippen LogP contribution in [-0.4, -0.2) is 29.0 Å². The van der Waals surface area contributed by atoms with E-state index < -0.39 is 0 Å². The van der Waals surface area contributed by atoms with Crippen LogP contribution in [0.1, 0.15) is 49.1 Å². The molecule has 3 nitrogen and oxygen atoms in total. The van der Waals surface area contributed by atoms with Crippen LogP contribution < -0.4 is 0 Å². The van der Waals surface area contributed by atoms with E-state index in [0.29, 0.717) is 29.4 Å². The Labute approximate surface area is 126 Å². The van der Waals surface area contributed by atoms with Crippen molar-refractivity contribution in [3.8, 4) is 5.75 Å². The molecule has 2 fully saturated rings. The minimum Gasteiger partial charge on any atom is -0.508 e. The monoisotopic (exact) mass is 285 g/mol. The van der Waals surface area contributed by atoms with Gasteiger partial charge < -0.3 is 10.0 Å². The first-order valence-corrected chi connectivity index (χ1v) is 8.33. The lowest BCUT2D eigenvalue weighted by molar-refractivity contribution is -0.134. The summed E-state index contributed by atoms with van der Waals surface area (Å²) >= 11 is 0. The van der Waals surface area contributed by atoms with Gasteiger partial charge in [0.15, 0.2) is 0 Å². The van der Waals surface area contributed by atoms with Crippen molar-refractivity contribution in [2.24, 2.45) is 11.8 Å². The van der Waals surface area contributed by atoms with Gasteiger partial charge in [0, 0.05) is 19.0 Å². The molecule has 1 unspecified atom stereocenters. The van der Waals surface area contributed by atoms with Gasteiger partial charge >= 0.3 is 0 Å². The predicted octanol–water partition coefficient (Wildman–Crippen LogP) is 3.07. The standard InChI is InChI=1S/C18H23NO2/c20-15-5-3-12-4-6-16(17(12)11-15)13-7-9-19(10-8-13)18(21)14-1-2-14/h3,5,11,13-14,16,20H,1-2,4,6-10H2. The van der Waals surface area contributed by atoms with Crippen molar-refractivity contribution < 1.29 is 9.90 Å². The molecule has 0 aromatic heterocycles. The van der Waals surface area contributed by atoms with E-state index in [1.165, 1.54) is 17.5 Å². The quantitative estimate of drug-likeness (QED) is 0.907. The summed E-state index contributed by atoms with van der Waals surface area (Å²) < 4.78 is 0. The largest absolute Gasteiger partial charge is 0.508 e. The number of hydrogen-bond acceptors (Lipinski definition) is 2. The van der Waals surface area contributed by atoms with E-state index in [2.05, 4.69) is 11.0 Å². The molecule has 0 spiro atoms. The lowest BCUT2D eigenvalue weighted by Crippen LogP contribution is -2.40. The maximum atomic E-state index is 12.1. The third-order valence-electron chi connectivity index (χ3n) is 5.60. The minimum atomic E-state index is 0.353. The Bertz CT molecular complexity index is 556. The van der Waals surface area contributed by atoms with Crippen LogP contribution in [0.3, 0.4) is 0 Å². The highest BCUT2D eigenvalue weighted by Crippen LogP contribution is 2.44. The number of amides is 1. The van der Waals surface area contributed by atoms with Crippen LogP contribution in [0.15, 0.2) is 18.2 Å². The number of fused-ring (bicyclic) bond motifs is 1. The van der Waals surface area contributed by atoms with Gasteiger partial charge in [-0.15, -0.1) is 0 Å². The number of rotatable bonds is 2. The Morgan fingerprint density at radius 3 is 2.57 bits per heavy atom. The van der Waals surface area contributed by atoms with Crippen LogP contribution in [0.5, 0.6) is 5.75 Å². The van der Waals surface area contributed by atoms with E-state index in [1.54, 1.807) is 6.07 Å². The number of phenolic OH excluding ortho intramolecular Hbond substituents is 1. The third-order valence-corrected chi connectivity index (χ3v) is 5.60. The summed E-state index contributed by atoms with van der Waals surface area (Å²) in [6.07, 6.45) is 6.81. The van der Waals surface area contributed by atoms with Crippen LogP contribution in [0.25, 0.3) is 0 Å². The van der Waals surface area contributed by atoms with Crippen LogP contribution in [0.2, 0.25) is 0 Å². The molecule has 3 heteroatoms. The second-order valence-electron chi connectivity index (χ2n) is 6.97. The molecule has 0 radical (unpaired) electrons. The van der Waals surface area contributed by atoms with E-state index in [-0.39, 0.29) is 0 Å². The molecule has 1 amide bonds. The minimum absolute atomic E-state index is 0.353. The Kier molecular flexibility index (Phi) is 3.16. The first-order chi connectivity index (χ1) is 10.2. The molecule has 1 saturated carbocycles. The van der Waals surface area contributed by atoms with Crippen molar-refractivity contribution in [3.63, 3.8) is 0 Å². The van der Waals surface area contributed by atoms with Crippen molar-refractivity contribution in [2.75, 3.05) is 13.1 Å². The number of nitrogens with zero attached hydrogens (tertiary/aromatic N) is 1. The van der Waals surface area contributed by atoms with Crippen molar-refractivity contribution in [3.05, 3.63) is 29.3 Å². The molecule has 4 rings (SSSR count). The highest BCUT2D eigenvalue weighted by Gasteiger charge is 2.37. The smallest absolute Gasteiger partial charge is 0.225 e. The summed E-state index contributed by atoms with van der Waals surface area (Å²) in [5.74, 6) is 2.41. The van der Waals surface area contributed by atoms with E-state index in [0.717, 1.165) is 45.2 Å². The number of phenols is 1. The third kappa shape index (κ3) is 2.43. The Morgan fingerprint density at radius 2 is 1.86 bits per heavy atom. The highest BCUT2D eigenvalue weighted by molar-refractivity contribution is 5.81. The average Bonchev–Trinajstić information content (AvgIpc) is 3.27. The van der Waals surface area contributed by atoms with E-state index in [4.69, 9.17) is 0 Å². The zero-order chi connectivity index (χ0) is 14.4. The molecule has 1 aromatic carbocycles. The SMILES string of the molecule is O=C(C1CC1)N1CCC(C2CCc3ccc(O)cc32)CC1. The fourth-order valence-electron chi connectivity index (χ4n) is 4.22. The second kappa shape index (κ2) is 5.04. The number of carbonyl (C=O) groups excluding carboxylic acids is 1. The lowest BCUT2D eigenvalue weighted by atomic mass is 9.81. The lowest BCUT2D eigenvalue weighted by Gasteiger charge is -2.35. The van der Waals surface area contributed by atoms with Gasteiger partial charge in [0.1, 0.15) is 5.75 Å². The number of aryl methyl sites for hydroxylation is 1. The van der Waals surface area contributed by atoms with Crippen molar-refractivity contribution in [1.29, 1.82) is 0 Å². The summed E-state index contributed by atoms with van der Waals surface area (Å²) in [6.45, 7) is 1.87. The summed E-state index contributed by atoms with van der Waals surface area (Å²) in [7, 11) is 0. The normalized spacial score (nSPS) is 25.9. The summed E-state index contributed by atoms with van der Waals surface area (Å²) in [5.41, 5.74) is 2.77. The fourth-order valence-corrected chi connectivity index (χ4v) is 4.22. The molecule has 112 valence electrons. The van der Waals surface area contributed by atoms with Crippen LogP contribution in [0, 0.1) is 11.8 Å². The van der Waals surface area contributed by atoms with Crippen LogP contribution in [-0.2, 0) is 11.2 Å². The number of aromatic hydroxyl groups is 1. The van der Waals surface area contributed by atoms with Gasteiger partial charge in [0.2, 0.25) is 5.91 Å². The second-order valence-corrected chi connectivity index (χ2v) is 6.97. The van der Waals surface area contributed by atoms with Gasteiger partial charge in [0.05, 0.1) is 0 Å². The van der Waals surface area contributed by atoms with Gasteiger partial charge in [-0.3, -0.25) is 4.79 Å². The van der Waals surface area contributed by atoms with Crippen molar-refractivity contribution in [2.45, 2.75) is 44.4 Å².